The van der Waals surface area contributed by atoms with Crippen molar-refractivity contribution in [3.63, 3.8) is 0 Å². The average molecular weight is 234 g/mol. The second-order valence-electron chi connectivity index (χ2n) is 3.50. The third-order valence-corrected chi connectivity index (χ3v) is 3.35. The first-order valence-electron chi connectivity index (χ1n) is 4.75. The molecule has 1 aromatic heterocycles. The highest BCUT2D eigenvalue weighted by Gasteiger charge is 2.20. The number of nitro benzene ring substituents is 1. The molecule has 0 fully saturated rings. The number of nitrogens with zero attached hydrogens (tertiary/aromatic N) is 2. The van der Waals surface area contributed by atoms with Gasteiger partial charge in [-0.3, -0.25) is 10.1 Å². The van der Waals surface area contributed by atoms with Gasteiger partial charge in [0.2, 0.25) is 0 Å². The van der Waals surface area contributed by atoms with Crippen molar-refractivity contribution < 1.29 is 4.92 Å². The minimum absolute atomic E-state index is 0.123. The van der Waals surface area contributed by atoms with E-state index in [4.69, 9.17) is 0 Å². The van der Waals surface area contributed by atoms with Gasteiger partial charge in [-0.25, -0.2) is 4.98 Å². The maximum atomic E-state index is 11.0. The molecule has 0 aliphatic rings. The average Bonchev–Trinajstić information content (AvgIpc) is 2.74. The normalized spacial score (nSPS) is 10.4. The summed E-state index contributed by atoms with van der Waals surface area (Å²) in [5, 5.41) is 13.5. The lowest BCUT2D eigenvalue weighted by molar-refractivity contribution is -0.384. The zero-order valence-electron chi connectivity index (χ0n) is 8.93. The van der Waals surface area contributed by atoms with Crippen LogP contribution >= 0.6 is 11.3 Å². The van der Waals surface area contributed by atoms with Crippen molar-refractivity contribution in [2.75, 3.05) is 0 Å². The summed E-state index contributed by atoms with van der Waals surface area (Å²) in [6.07, 6.45) is 1.66. The molecule has 0 aliphatic heterocycles. The molecule has 5 heteroatoms. The van der Waals surface area contributed by atoms with Crippen molar-refractivity contribution in [2.24, 2.45) is 0 Å². The smallest absolute Gasteiger partial charge is 0.258 e. The number of thiazole rings is 1. The Morgan fingerprint density at radius 3 is 2.69 bits per heavy atom. The Hall–Kier alpha value is -1.75. The molecule has 0 amide bonds. The SMILES string of the molecule is Cc1ccc([N+](=O)[O-])c(-c2nccs2)c1C. The van der Waals surface area contributed by atoms with E-state index in [0.717, 1.165) is 11.1 Å². The molecule has 0 atom stereocenters. The van der Waals surface area contributed by atoms with Crippen molar-refractivity contribution in [2.45, 2.75) is 13.8 Å². The van der Waals surface area contributed by atoms with Crippen molar-refractivity contribution in [3.05, 3.63) is 45.0 Å². The Morgan fingerprint density at radius 1 is 1.38 bits per heavy atom. The molecule has 4 nitrogen and oxygen atoms in total. The van der Waals surface area contributed by atoms with Gasteiger partial charge in [0.05, 0.1) is 10.5 Å². The van der Waals surface area contributed by atoms with Crippen LogP contribution in [-0.2, 0) is 0 Å². The first-order chi connectivity index (χ1) is 7.61. The van der Waals surface area contributed by atoms with Gasteiger partial charge in [0.1, 0.15) is 5.01 Å². The predicted molar refractivity (Wildman–Crippen MR) is 63.7 cm³/mol. The summed E-state index contributed by atoms with van der Waals surface area (Å²) in [4.78, 5) is 14.8. The summed E-state index contributed by atoms with van der Waals surface area (Å²) in [5.74, 6) is 0. The molecular weight excluding hydrogens is 224 g/mol. The summed E-state index contributed by atoms with van der Waals surface area (Å²) in [7, 11) is 0. The highest BCUT2D eigenvalue weighted by atomic mass is 32.1. The molecule has 2 aromatic rings. The fourth-order valence-corrected chi connectivity index (χ4v) is 2.32. The molecule has 0 radical (unpaired) electrons. The van der Waals surface area contributed by atoms with Crippen LogP contribution in [0, 0.1) is 24.0 Å². The van der Waals surface area contributed by atoms with Crippen LogP contribution in [-0.4, -0.2) is 9.91 Å². The number of hydrogen-bond acceptors (Lipinski definition) is 4. The topological polar surface area (TPSA) is 56.0 Å². The molecule has 0 saturated heterocycles. The first kappa shape index (κ1) is 10.8. The van der Waals surface area contributed by atoms with E-state index in [9.17, 15) is 10.1 Å². The van der Waals surface area contributed by atoms with Gasteiger partial charge in [0.25, 0.3) is 5.69 Å². The highest BCUT2D eigenvalue weighted by Crippen LogP contribution is 2.35. The van der Waals surface area contributed by atoms with E-state index in [1.165, 1.54) is 11.3 Å². The molecular formula is C11H10N2O2S. The van der Waals surface area contributed by atoms with E-state index in [2.05, 4.69) is 4.98 Å². The van der Waals surface area contributed by atoms with Crippen LogP contribution in [0.25, 0.3) is 10.6 Å². The van der Waals surface area contributed by atoms with E-state index in [1.54, 1.807) is 18.3 Å². The summed E-state index contributed by atoms with van der Waals surface area (Å²) in [6, 6.07) is 3.31. The van der Waals surface area contributed by atoms with Crippen molar-refractivity contribution in [1.29, 1.82) is 0 Å². The van der Waals surface area contributed by atoms with E-state index < -0.39 is 0 Å². The summed E-state index contributed by atoms with van der Waals surface area (Å²) in [6.45, 7) is 3.83. The fourth-order valence-electron chi connectivity index (χ4n) is 1.57. The molecule has 0 aliphatic carbocycles. The largest absolute Gasteiger partial charge is 0.279 e. The van der Waals surface area contributed by atoms with Gasteiger partial charge in [-0.2, -0.15) is 0 Å². The zero-order valence-corrected chi connectivity index (χ0v) is 9.75. The monoisotopic (exact) mass is 234 g/mol. The van der Waals surface area contributed by atoms with Crippen LogP contribution in [0.2, 0.25) is 0 Å². The Labute approximate surface area is 96.7 Å². The van der Waals surface area contributed by atoms with Gasteiger partial charge >= 0.3 is 0 Å². The summed E-state index contributed by atoms with van der Waals surface area (Å²) >= 11 is 1.41. The summed E-state index contributed by atoms with van der Waals surface area (Å²) in [5.41, 5.74) is 2.72. The molecule has 1 aromatic carbocycles. The molecule has 2 rings (SSSR count). The van der Waals surface area contributed by atoms with Crippen LogP contribution < -0.4 is 0 Å². The van der Waals surface area contributed by atoms with Crippen LogP contribution in [0.4, 0.5) is 5.69 Å². The Kier molecular flexibility index (Phi) is 2.70. The molecule has 1 heterocycles. The van der Waals surface area contributed by atoms with Gasteiger partial charge in [0.15, 0.2) is 0 Å². The molecule has 82 valence electrons. The lowest BCUT2D eigenvalue weighted by Gasteiger charge is -2.06. The zero-order chi connectivity index (χ0) is 11.7. The van der Waals surface area contributed by atoms with E-state index >= 15 is 0 Å². The molecule has 0 N–H and O–H groups in total. The number of nitro groups is 1. The van der Waals surface area contributed by atoms with Crippen LogP contribution in [0.15, 0.2) is 23.7 Å². The van der Waals surface area contributed by atoms with Crippen molar-refractivity contribution >= 4 is 17.0 Å². The van der Waals surface area contributed by atoms with Gasteiger partial charge < -0.3 is 0 Å². The van der Waals surface area contributed by atoms with E-state index in [-0.39, 0.29) is 10.6 Å². The third-order valence-electron chi connectivity index (χ3n) is 2.56. The van der Waals surface area contributed by atoms with Gasteiger partial charge in [-0.15, -0.1) is 11.3 Å². The van der Waals surface area contributed by atoms with Gasteiger partial charge in [0, 0.05) is 17.6 Å². The molecule has 0 spiro atoms. The number of benzene rings is 1. The van der Waals surface area contributed by atoms with Gasteiger partial charge in [-0.05, 0) is 25.0 Å². The van der Waals surface area contributed by atoms with E-state index in [1.807, 2.05) is 19.2 Å². The molecule has 0 saturated carbocycles. The number of aromatic nitrogens is 1. The summed E-state index contributed by atoms with van der Waals surface area (Å²) < 4.78 is 0. The standard InChI is InChI=1S/C11H10N2O2S/c1-7-3-4-9(13(14)15)10(8(7)2)11-12-5-6-16-11/h3-6H,1-2H3. The van der Waals surface area contributed by atoms with Gasteiger partial charge in [-0.1, -0.05) is 6.07 Å². The van der Waals surface area contributed by atoms with Crippen molar-refractivity contribution in [3.8, 4) is 10.6 Å². The highest BCUT2D eigenvalue weighted by molar-refractivity contribution is 7.13. The van der Waals surface area contributed by atoms with Crippen LogP contribution in [0.3, 0.4) is 0 Å². The minimum atomic E-state index is -0.358. The maximum absolute atomic E-state index is 11.0. The fraction of sp³-hybridized carbons (Fsp3) is 0.182. The lowest BCUT2D eigenvalue weighted by Crippen LogP contribution is -1.96. The number of aryl methyl sites for hydroxylation is 1. The molecule has 0 bridgehead atoms. The predicted octanol–water partition coefficient (Wildman–Crippen LogP) is 3.34. The Morgan fingerprint density at radius 2 is 2.12 bits per heavy atom. The second kappa shape index (κ2) is 4.02. The minimum Gasteiger partial charge on any atom is -0.258 e. The first-order valence-corrected chi connectivity index (χ1v) is 5.63. The van der Waals surface area contributed by atoms with E-state index in [0.29, 0.717) is 10.6 Å². The molecule has 0 unspecified atom stereocenters. The van der Waals surface area contributed by atoms with Crippen LogP contribution in [0.5, 0.6) is 0 Å². The second-order valence-corrected chi connectivity index (χ2v) is 4.39. The Bertz CT molecular complexity index is 535. The van der Waals surface area contributed by atoms with Crippen LogP contribution in [0.1, 0.15) is 11.1 Å². The number of hydrogen-bond donors (Lipinski definition) is 0. The Balaban J connectivity index is 2.74. The van der Waals surface area contributed by atoms with Crippen molar-refractivity contribution in [1.82, 2.24) is 4.98 Å². The number of rotatable bonds is 2. The quantitative estimate of drug-likeness (QED) is 0.591. The lowest BCUT2D eigenvalue weighted by atomic mass is 10.0. The maximum Gasteiger partial charge on any atom is 0.279 e. The molecule has 16 heavy (non-hydrogen) atoms. The third kappa shape index (κ3) is 1.69.